The minimum atomic E-state index is -0.894. The van der Waals surface area contributed by atoms with Gasteiger partial charge >= 0.3 is 0 Å². The van der Waals surface area contributed by atoms with Crippen molar-refractivity contribution in [2.24, 2.45) is 11.5 Å². The van der Waals surface area contributed by atoms with Crippen molar-refractivity contribution in [2.75, 3.05) is 13.2 Å². The normalized spacial score (nSPS) is 13.2. The highest BCUT2D eigenvalue weighted by Gasteiger charge is 2.21. The minimum Gasteiger partial charge on any atom is -0.374 e. The summed E-state index contributed by atoms with van der Waals surface area (Å²) in [6.07, 6.45) is -0.152. The number of hydrogen-bond acceptors (Lipinski definition) is 4. The third-order valence-corrected chi connectivity index (χ3v) is 1.98. The second-order valence-electron chi connectivity index (χ2n) is 4.19. The lowest BCUT2D eigenvalue weighted by Crippen LogP contribution is -2.48. The molecule has 0 bridgehead atoms. The Labute approximate surface area is 95.7 Å². The zero-order valence-electron chi connectivity index (χ0n) is 10.1. The zero-order chi connectivity index (χ0) is 12.8. The Morgan fingerprint density at radius 2 is 2.00 bits per heavy atom. The van der Waals surface area contributed by atoms with Crippen molar-refractivity contribution in [3.05, 3.63) is 0 Å². The maximum atomic E-state index is 11.4. The molecule has 0 heterocycles. The molecule has 5 N–H and O–H groups in total. The van der Waals surface area contributed by atoms with E-state index in [4.69, 9.17) is 16.2 Å². The molecule has 6 nitrogen and oxygen atoms in total. The predicted molar refractivity (Wildman–Crippen MR) is 60.5 cm³/mol. The van der Waals surface area contributed by atoms with Gasteiger partial charge in [-0.2, -0.15) is 0 Å². The van der Waals surface area contributed by atoms with E-state index in [2.05, 4.69) is 5.32 Å². The van der Waals surface area contributed by atoms with Gasteiger partial charge in [0.15, 0.2) is 0 Å². The summed E-state index contributed by atoms with van der Waals surface area (Å²) in [6.45, 7) is 6.50. The SMILES string of the molecule is CCOC(C)(C)CNC(=O)C(N)CC(N)=O. The van der Waals surface area contributed by atoms with E-state index in [1.165, 1.54) is 0 Å². The molecule has 16 heavy (non-hydrogen) atoms. The van der Waals surface area contributed by atoms with Crippen LogP contribution in [0, 0.1) is 0 Å². The molecule has 0 spiro atoms. The molecule has 0 rings (SSSR count). The van der Waals surface area contributed by atoms with Crippen molar-refractivity contribution < 1.29 is 14.3 Å². The first kappa shape index (κ1) is 14.9. The third kappa shape index (κ3) is 6.36. The summed E-state index contributed by atoms with van der Waals surface area (Å²) in [5, 5.41) is 2.62. The Hall–Kier alpha value is -1.14. The van der Waals surface area contributed by atoms with Gasteiger partial charge in [0.1, 0.15) is 0 Å². The molecule has 0 saturated heterocycles. The van der Waals surface area contributed by atoms with Gasteiger partial charge in [-0.1, -0.05) is 0 Å². The van der Waals surface area contributed by atoms with E-state index in [1.807, 2.05) is 20.8 Å². The highest BCUT2D eigenvalue weighted by Crippen LogP contribution is 2.06. The number of carbonyl (C=O) groups is 2. The average Bonchev–Trinajstić information content (AvgIpc) is 2.13. The molecule has 0 aromatic carbocycles. The third-order valence-electron chi connectivity index (χ3n) is 1.98. The summed E-state index contributed by atoms with van der Waals surface area (Å²) in [5.74, 6) is -0.988. The average molecular weight is 231 g/mol. The van der Waals surface area contributed by atoms with Gasteiger partial charge in [-0.25, -0.2) is 0 Å². The molecule has 1 unspecified atom stereocenters. The van der Waals surface area contributed by atoms with Crippen LogP contribution in [0.15, 0.2) is 0 Å². The van der Waals surface area contributed by atoms with Crippen molar-refractivity contribution in [1.29, 1.82) is 0 Å². The molecule has 0 aliphatic rings. The van der Waals surface area contributed by atoms with Crippen molar-refractivity contribution in [2.45, 2.75) is 38.8 Å². The van der Waals surface area contributed by atoms with E-state index in [-0.39, 0.29) is 6.42 Å². The van der Waals surface area contributed by atoms with E-state index in [9.17, 15) is 9.59 Å². The molecule has 0 fully saturated rings. The lowest BCUT2D eigenvalue weighted by atomic mass is 10.1. The topological polar surface area (TPSA) is 107 Å². The molecule has 6 heteroatoms. The summed E-state index contributed by atoms with van der Waals surface area (Å²) in [4.78, 5) is 22.0. The van der Waals surface area contributed by atoms with Gasteiger partial charge in [0.05, 0.1) is 18.1 Å². The molecule has 94 valence electrons. The number of nitrogens with one attached hydrogen (secondary N) is 1. The molecule has 1 atom stereocenters. The van der Waals surface area contributed by atoms with Crippen LogP contribution in [-0.4, -0.2) is 36.6 Å². The first-order valence-corrected chi connectivity index (χ1v) is 5.24. The van der Waals surface area contributed by atoms with Gasteiger partial charge in [0.25, 0.3) is 0 Å². The van der Waals surface area contributed by atoms with Gasteiger partial charge in [0.2, 0.25) is 11.8 Å². The molecule has 2 amide bonds. The first-order chi connectivity index (χ1) is 7.28. The molecule has 0 saturated carbocycles. The molecular formula is C10H21N3O3. The van der Waals surface area contributed by atoms with Gasteiger partial charge in [0, 0.05) is 13.2 Å². The van der Waals surface area contributed by atoms with Crippen LogP contribution in [0.5, 0.6) is 0 Å². The number of hydrogen-bond donors (Lipinski definition) is 3. The van der Waals surface area contributed by atoms with Crippen LogP contribution in [-0.2, 0) is 14.3 Å². The van der Waals surface area contributed by atoms with Crippen LogP contribution in [0.25, 0.3) is 0 Å². The van der Waals surface area contributed by atoms with Crippen LogP contribution in [0.4, 0.5) is 0 Å². The molecule has 0 aliphatic carbocycles. The van der Waals surface area contributed by atoms with Crippen LogP contribution >= 0.6 is 0 Å². The fourth-order valence-corrected chi connectivity index (χ4v) is 1.18. The number of rotatable bonds is 7. The highest BCUT2D eigenvalue weighted by atomic mass is 16.5. The van der Waals surface area contributed by atoms with Crippen molar-refractivity contribution in [3.8, 4) is 0 Å². The van der Waals surface area contributed by atoms with Gasteiger partial charge in [-0.3, -0.25) is 9.59 Å². The van der Waals surface area contributed by atoms with Crippen LogP contribution < -0.4 is 16.8 Å². The summed E-state index contributed by atoms with van der Waals surface area (Å²) >= 11 is 0. The standard InChI is InChI=1S/C10H21N3O3/c1-4-16-10(2,3)6-13-9(15)7(11)5-8(12)14/h7H,4-6,11H2,1-3H3,(H2,12,14)(H,13,15). The maximum Gasteiger partial charge on any atom is 0.237 e. The molecule has 0 aliphatic heterocycles. The van der Waals surface area contributed by atoms with Crippen LogP contribution in [0.1, 0.15) is 27.2 Å². The van der Waals surface area contributed by atoms with E-state index in [0.29, 0.717) is 13.2 Å². The van der Waals surface area contributed by atoms with E-state index >= 15 is 0 Å². The van der Waals surface area contributed by atoms with E-state index in [1.54, 1.807) is 0 Å². The van der Waals surface area contributed by atoms with Gasteiger partial charge in [-0.05, 0) is 20.8 Å². The Morgan fingerprint density at radius 3 is 2.44 bits per heavy atom. The summed E-state index contributed by atoms with van der Waals surface area (Å²) < 4.78 is 5.39. The lowest BCUT2D eigenvalue weighted by molar-refractivity contribution is -0.127. The molecule has 0 aromatic heterocycles. The van der Waals surface area contributed by atoms with E-state index < -0.39 is 23.5 Å². The Bertz CT molecular complexity index is 254. The molecule has 0 radical (unpaired) electrons. The second-order valence-corrected chi connectivity index (χ2v) is 4.19. The predicted octanol–water partition coefficient (Wildman–Crippen LogP) is -0.880. The Balaban J connectivity index is 4.01. The van der Waals surface area contributed by atoms with Crippen molar-refractivity contribution in [1.82, 2.24) is 5.32 Å². The maximum absolute atomic E-state index is 11.4. The van der Waals surface area contributed by atoms with Crippen molar-refractivity contribution in [3.63, 3.8) is 0 Å². The van der Waals surface area contributed by atoms with Gasteiger partial charge < -0.3 is 21.5 Å². The van der Waals surface area contributed by atoms with Crippen LogP contribution in [0.3, 0.4) is 0 Å². The molecule has 0 aromatic rings. The first-order valence-electron chi connectivity index (χ1n) is 5.24. The number of nitrogens with two attached hydrogens (primary N) is 2. The fourth-order valence-electron chi connectivity index (χ4n) is 1.18. The monoisotopic (exact) mass is 231 g/mol. The number of amides is 2. The number of primary amides is 1. The lowest BCUT2D eigenvalue weighted by Gasteiger charge is -2.25. The second kappa shape index (κ2) is 6.44. The number of carbonyl (C=O) groups excluding carboxylic acids is 2. The Kier molecular flexibility index (Phi) is 5.98. The minimum absolute atomic E-state index is 0.152. The highest BCUT2D eigenvalue weighted by molar-refractivity contribution is 5.87. The molecular weight excluding hydrogens is 210 g/mol. The number of ether oxygens (including phenoxy) is 1. The van der Waals surface area contributed by atoms with Crippen LogP contribution in [0.2, 0.25) is 0 Å². The Morgan fingerprint density at radius 1 is 1.44 bits per heavy atom. The van der Waals surface area contributed by atoms with Crippen molar-refractivity contribution >= 4 is 11.8 Å². The zero-order valence-corrected chi connectivity index (χ0v) is 10.1. The largest absolute Gasteiger partial charge is 0.374 e. The fraction of sp³-hybridized carbons (Fsp3) is 0.800. The summed E-state index contributed by atoms with van der Waals surface area (Å²) in [5.41, 5.74) is 9.96. The quantitative estimate of drug-likeness (QED) is 0.528. The smallest absolute Gasteiger partial charge is 0.237 e. The van der Waals surface area contributed by atoms with Gasteiger partial charge in [-0.15, -0.1) is 0 Å². The van der Waals surface area contributed by atoms with E-state index in [0.717, 1.165) is 0 Å². The summed E-state index contributed by atoms with van der Waals surface area (Å²) in [6, 6.07) is -0.894. The summed E-state index contributed by atoms with van der Waals surface area (Å²) in [7, 11) is 0.